The molecule has 0 radical (unpaired) electrons. The molecular weight excluding hydrogens is 260 g/mol. The van der Waals surface area contributed by atoms with Crippen molar-refractivity contribution in [2.24, 2.45) is 0 Å². The standard InChI is InChI=1S/C15H21ClN2O/c1-13(19)4-3-7-17-8-10-18(11-9-17)15-6-2-5-14(16)12-15/h2,5-6,12H,3-4,7-11H2,1H3. The molecule has 1 aromatic rings. The molecule has 1 aromatic carbocycles. The van der Waals surface area contributed by atoms with Gasteiger partial charge in [-0.3, -0.25) is 4.90 Å². The minimum absolute atomic E-state index is 0.289. The molecule has 3 nitrogen and oxygen atoms in total. The highest BCUT2D eigenvalue weighted by Gasteiger charge is 2.16. The summed E-state index contributed by atoms with van der Waals surface area (Å²) in [5, 5.41) is 0.793. The summed E-state index contributed by atoms with van der Waals surface area (Å²) in [5.41, 5.74) is 1.20. The van der Waals surface area contributed by atoms with Crippen LogP contribution in [0.2, 0.25) is 5.02 Å². The fourth-order valence-corrected chi connectivity index (χ4v) is 2.64. The van der Waals surface area contributed by atoms with E-state index in [1.54, 1.807) is 6.92 Å². The lowest BCUT2D eigenvalue weighted by Crippen LogP contribution is -2.46. The molecular formula is C15H21ClN2O. The summed E-state index contributed by atoms with van der Waals surface area (Å²) in [4.78, 5) is 15.7. The third-order valence-corrected chi connectivity index (χ3v) is 3.78. The summed E-state index contributed by atoms with van der Waals surface area (Å²) >= 11 is 6.02. The average Bonchev–Trinajstić information content (AvgIpc) is 2.39. The lowest BCUT2D eigenvalue weighted by molar-refractivity contribution is -0.117. The first kappa shape index (κ1) is 14.4. The first-order valence-corrected chi connectivity index (χ1v) is 7.25. The molecule has 1 heterocycles. The number of anilines is 1. The van der Waals surface area contributed by atoms with Crippen molar-refractivity contribution in [1.29, 1.82) is 0 Å². The molecule has 104 valence electrons. The number of Topliss-reactive ketones (excluding diaryl/α,β-unsaturated/α-hetero) is 1. The van der Waals surface area contributed by atoms with E-state index >= 15 is 0 Å². The molecule has 0 N–H and O–H groups in total. The number of nitrogens with zero attached hydrogens (tertiary/aromatic N) is 2. The molecule has 0 bridgehead atoms. The zero-order chi connectivity index (χ0) is 13.7. The van der Waals surface area contributed by atoms with Crippen LogP contribution in [0, 0.1) is 0 Å². The van der Waals surface area contributed by atoms with E-state index in [1.165, 1.54) is 5.69 Å². The van der Waals surface area contributed by atoms with Crippen LogP contribution in [0.15, 0.2) is 24.3 Å². The number of carbonyl (C=O) groups excluding carboxylic acids is 1. The number of benzene rings is 1. The molecule has 0 unspecified atom stereocenters. The second-order valence-corrected chi connectivity index (χ2v) is 5.55. The third-order valence-electron chi connectivity index (χ3n) is 3.55. The van der Waals surface area contributed by atoms with E-state index < -0.39 is 0 Å². The van der Waals surface area contributed by atoms with Crippen molar-refractivity contribution in [3.63, 3.8) is 0 Å². The van der Waals surface area contributed by atoms with Gasteiger partial charge in [0.1, 0.15) is 5.78 Å². The predicted molar refractivity (Wildman–Crippen MR) is 80.0 cm³/mol. The van der Waals surface area contributed by atoms with Gasteiger partial charge in [0.15, 0.2) is 0 Å². The Morgan fingerprint density at radius 1 is 1.26 bits per heavy atom. The summed E-state index contributed by atoms with van der Waals surface area (Å²) in [7, 11) is 0. The smallest absolute Gasteiger partial charge is 0.129 e. The Labute approximate surface area is 120 Å². The molecule has 0 saturated carbocycles. The number of ketones is 1. The Hall–Kier alpha value is -1.06. The van der Waals surface area contributed by atoms with E-state index in [4.69, 9.17) is 11.6 Å². The molecule has 19 heavy (non-hydrogen) atoms. The van der Waals surface area contributed by atoms with Gasteiger partial charge < -0.3 is 9.69 Å². The van der Waals surface area contributed by atoms with Crippen LogP contribution in [-0.4, -0.2) is 43.4 Å². The van der Waals surface area contributed by atoms with Crippen molar-refractivity contribution in [2.75, 3.05) is 37.6 Å². The molecule has 1 saturated heterocycles. The Morgan fingerprint density at radius 2 is 2.00 bits per heavy atom. The maximum absolute atomic E-state index is 10.9. The minimum atomic E-state index is 0.289. The highest BCUT2D eigenvalue weighted by molar-refractivity contribution is 6.30. The zero-order valence-corrected chi connectivity index (χ0v) is 12.2. The van der Waals surface area contributed by atoms with Gasteiger partial charge in [-0.2, -0.15) is 0 Å². The van der Waals surface area contributed by atoms with Gasteiger partial charge in [0.05, 0.1) is 0 Å². The van der Waals surface area contributed by atoms with Gasteiger partial charge >= 0.3 is 0 Å². The van der Waals surface area contributed by atoms with Crippen molar-refractivity contribution in [3.05, 3.63) is 29.3 Å². The van der Waals surface area contributed by atoms with Gasteiger partial charge in [0.25, 0.3) is 0 Å². The van der Waals surface area contributed by atoms with E-state index in [0.29, 0.717) is 6.42 Å². The van der Waals surface area contributed by atoms with Gasteiger partial charge in [-0.05, 0) is 38.1 Å². The van der Waals surface area contributed by atoms with E-state index in [2.05, 4.69) is 15.9 Å². The molecule has 0 amide bonds. The maximum atomic E-state index is 10.9. The molecule has 0 spiro atoms. The molecule has 1 aliphatic heterocycles. The molecule has 0 atom stereocenters. The van der Waals surface area contributed by atoms with Crippen LogP contribution in [0.25, 0.3) is 0 Å². The first-order valence-electron chi connectivity index (χ1n) is 6.87. The van der Waals surface area contributed by atoms with E-state index in [1.807, 2.05) is 18.2 Å². The number of hydrogen-bond acceptors (Lipinski definition) is 3. The number of hydrogen-bond donors (Lipinski definition) is 0. The second kappa shape index (κ2) is 6.92. The molecule has 0 aromatic heterocycles. The quantitative estimate of drug-likeness (QED) is 0.829. The molecule has 1 aliphatic rings. The van der Waals surface area contributed by atoms with Crippen molar-refractivity contribution in [2.45, 2.75) is 19.8 Å². The molecule has 1 fully saturated rings. The fourth-order valence-electron chi connectivity index (χ4n) is 2.45. The summed E-state index contributed by atoms with van der Waals surface area (Å²) in [6.07, 6.45) is 1.68. The van der Waals surface area contributed by atoms with E-state index in [0.717, 1.165) is 44.2 Å². The van der Waals surface area contributed by atoms with E-state index in [-0.39, 0.29) is 5.78 Å². The monoisotopic (exact) mass is 280 g/mol. The predicted octanol–water partition coefficient (Wildman–Crippen LogP) is 2.83. The van der Waals surface area contributed by atoms with Crippen LogP contribution < -0.4 is 4.90 Å². The van der Waals surface area contributed by atoms with E-state index in [9.17, 15) is 4.79 Å². The Morgan fingerprint density at radius 3 is 2.63 bits per heavy atom. The highest BCUT2D eigenvalue weighted by Crippen LogP contribution is 2.20. The molecule has 0 aliphatic carbocycles. The largest absolute Gasteiger partial charge is 0.369 e. The summed E-state index contributed by atoms with van der Waals surface area (Å²) in [6, 6.07) is 8.03. The van der Waals surface area contributed by atoms with Crippen molar-refractivity contribution >= 4 is 23.1 Å². The van der Waals surface area contributed by atoms with Crippen LogP contribution >= 0.6 is 11.6 Å². The van der Waals surface area contributed by atoms with Crippen LogP contribution in [0.1, 0.15) is 19.8 Å². The van der Waals surface area contributed by atoms with Crippen molar-refractivity contribution < 1.29 is 4.79 Å². The maximum Gasteiger partial charge on any atom is 0.129 e. The minimum Gasteiger partial charge on any atom is -0.369 e. The second-order valence-electron chi connectivity index (χ2n) is 5.11. The Bertz CT molecular complexity index is 428. The van der Waals surface area contributed by atoms with Crippen LogP contribution in [0.4, 0.5) is 5.69 Å². The third kappa shape index (κ3) is 4.51. The fraction of sp³-hybridized carbons (Fsp3) is 0.533. The summed E-state index contributed by atoms with van der Waals surface area (Å²) < 4.78 is 0. The van der Waals surface area contributed by atoms with Gasteiger partial charge in [-0.25, -0.2) is 0 Å². The van der Waals surface area contributed by atoms with Gasteiger partial charge in [-0.1, -0.05) is 17.7 Å². The lowest BCUT2D eigenvalue weighted by Gasteiger charge is -2.36. The summed E-state index contributed by atoms with van der Waals surface area (Å²) in [5.74, 6) is 0.289. The average molecular weight is 281 g/mol. The van der Waals surface area contributed by atoms with Crippen molar-refractivity contribution in [3.8, 4) is 0 Å². The Balaban J connectivity index is 1.77. The molecule has 2 rings (SSSR count). The number of piperazine rings is 1. The number of rotatable bonds is 5. The SMILES string of the molecule is CC(=O)CCCN1CCN(c2cccc(Cl)c2)CC1. The van der Waals surface area contributed by atoms with Gasteiger partial charge in [0.2, 0.25) is 0 Å². The normalized spacial score (nSPS) is 16.6. The Kier molecular flexibility index (Phi) is 5.23. The number of halogens is 1. The zero-order valence-electron chi connectivity index (χ0n) is 11.4. The van der Waals surface area contributed by atoms with Gasteiger partial charge in [-0.15, -0.1) is 0 Å². The molecule has 4 heteroatoms. The highest BCUT2D eigenvalue weighted by atomic mass is 35.5. The number of carbonyl (C=O) groups is 1. The lowest BCUT2D eigenvalue weighted by atomic mass is 10.2. The topological polar surface area (TPSA) is 23.6 Å². The van der Waals surface area contributed by atoms with Crippen molar-refractivity contribution in [1.82, 2.24) is 4.90 Å². The van der Waals surface area contributed by atoms with Gasteiger partial charge in [0, 0.05) is 43.3 Å². The van der Waals surface area contributed by atoms with Crippen LogP contribution in [0.5, 0.6) is 0 Å². The summed E-state index contributed by atoms with van der Waals surface area (Å²) in [6.45, 7) is 6.87. The van der Waals surface area contributed by atoms with Crippen LogP contribution in [0.3, 0.4) is 0 Å². The van der Waals surface area contributed by atoms with Crippen LogP contribution in [-0.2, 0) is 4.79 Å². The first-order chi connectivity index (χ1) is 9.15.